The van der Waals surface area contributed by atoms with Gasteiger partial charge in [-0.1, -0.05) is 6.07 Å². The van der Waals surface area contributed by atoms with Gasteiger partial charge < -0.3 is 10.1 Å². The third-order valence-corrected chi connectivity index (χ3v) is 2.67. The van der Waals surface area contributed by atoms with Crippen molar-refractivity contribution in [3.8, 4) is 5.75 Å². The molecule has 0 aliphatic carbocycles. The summed E-state index contributed by atoms with van der Waals surface area (Å²) in [7, 11) is 0. The summed E-state index contributed by atoms with van der Waals surface area (Å²) < 4.78 is 44.0. The maximum absolute atomic E-state index is 13.0. The lowest BCUT2D eigenvalue weighted by Crippen LogP contribution is -2.30. The summed E-state index contributed by atoms with van der Waals surface area (Å²) in [5.74, 6) is -3.06. The number of halogens is 3. The maximum atomic E-state index is 13.0. The lowest BCUT2D eigenvalue weighted by Gasteiger charge is -2.15. The molecule has 2 aromatic carbocycles. The van der Waals surface area contributed by atoms with Gasteiger partial charge in [0.2, 0.25) is 0 Å². The average molecular weight is 295 g/mol. The normalized spacial score (nSPS) is 11.8. The molecule has 0 bridgehead atoms. The molecule has 2 rings (SSSR count). The topological polar surface area (TPSA) is 38.3 Å². The second-order valence-electron chi connectivity index (χ2n) is 4.34. The smallest absolute Gasteiger partial charge is 0.265 e. The second kappa shape index (κ2) is 6.30. The van der Waals surface area contributed by atoms with Crippen LogP contribution in [0.2, 0.25) is 0 Å². The highest BCUT2D eigenvalue weighted by atomic mass is 19.2. The van der Waals surface area contributed by atoms with E-state index in [1.165, 1.54) is 31.2 Å². The molecule has 110 valence electrons. The van der Waals surface area contributed by atoms with E-state index >= 15 is 0 Å². The van der Waals surface area contributed by atoms with Gasteiger partial charge in [0.15, 0.2) is 17.7 Å². The van der Waals surface area contributed by atoms with Crippen molar-refractivity contribution in [3.05, 3.63) is 59.9 Å². The van der Waals surface area contributed by atoms with Crippen LogP contribution in [0.5, 0.6) is 5.75 Å². The van der Waals surface area contributed by atoms with Crippen molar-refractivity contribution in [1.29, 1.82) is 0 Å². The Balaban J connectivity index is 2.00. The Labute approximate surface area is 119 Å². The largest absolute Gasteiger partial charge is 0.481 e. The highest BCUT2D eigenvalue weighted by Gasteiger charge is 2.16. The van der Waals surface area contributed by atoms with E-state index in [1.54, 1.807) is 0 Å². The molecule has 0 aromatic heterocycles. The minimum absolute atomic E-state index is 0.0239. The van der Waals surface area contributed by atoms with Crippen LogP contribution < -0.4 is 10.1 Å². The quantitative estimate of drug-likeness (QED) is 0.937. The van der Waals surface area contributed by atoms with E-state index in [4.69, 9.17) is 4.74 Å². The van der Waals surface area contributed by atoms with Gasteiger partial charge in [0.1, 0.15) is 11.6 Å². The van der Waals surface area contributed by atoms with Crippen LogP contribution in [0.4, 0.5) is 18.9 Å². The van der Waals surface area contributed by atoms with Gasteiger partial charge in [-0.2, -0.15) is 0 Å². The van der Waals surface area contributed by atoms with Crippen molar-refractivity contribution in [3.63, 3.8) is 0 Å². The number of hydrogen-bond donors (Lipinski definition) is 1. The van der Waals surface area contributed by atoms with Crippen LogP contribution >= 0.6 is 0 Å². The highest BCUT2D eigenvalue weighted by Crippen LogP contribution is 2.17. The van der Waals surface area contributed by atoms with E-state index in [2.05, 4.69) is 5.32 Å². The summed E-state index contributed by atoms with van der Waals surface area (Å²) >= 11 is 0. The molecule has 0 heterocycles. The van der Waals surface area contributed by atoms with Crippen molar-refractivity contribution in [2.75, 3.05) is 5.32 Å². The molecule has 2 aromatic rings. The number of rotatable bonds is 4. The third kappa shape index (κ3) is 3.98. The van der Waals surface area contributed by atoms with Crippen LogP contribution in [0.1, 0.15) is 6.92 Å². The summed E-state index contributed by atoms with van der Waals surface area (Å²) in [6.07, 6.45) is -0.960. The SMILES string of the molecule is CC(Oc1ccc(F)c(F)c1)C(=O)Nc1cccc(F)c1. The summed E-state index contributed by atoms with van der Waals surface area (Å²) in [6, 6.07) is 8.34. The predicted octanol–water partition coefficient (Wildman–Crippen LogP) is 3.51. The molecule has 1 N–H and O–H groups in total. The second-order valence-corrected chi connectivity index (χ2v) is 4.34. The first-order valence-corrected chi connectivity index (χ1v) is 6.14. The highest BCUT2D eigenvalue weighted by molar-refractivity contribution is 5.94. The van der Waals surface area contributed by atoms with Crippen LogP contribution in [0.25, 0.3) is 0 Å². The molecule has 0 saturated heterocycles. The molecule has 1 atom stereocenters. The lowest BCUT2D eigenvalue weighted by molar-refractivity contribution is -0.122. The Hall–Kier alpha value is -2.50. The first-order valence-electron chi connectivity index (χ1n) is 6.14. The minimum atomic E-state index is -1.06. The molecule has 3 nitrogen and oxygen atoms in total. The van der Waals surface area contributed by atoms with E-state index in [0.717, 1.165) is 18.2 Å². The molecule has 6 heteroatoms. The number of carbonyl (C=O) groups excluding carboxylic acids is 1. The maximum Gasteiger partial charge on any atom is 0.265 e. The van der Waals surface area contributed by atoms with E-state index in [-0.39, 0.29) is 11.4 Å². The standard InChI is InChI=1S/C15H12F3NO2/c1-9(21-12-5-6-13(17)14(18)8-12)15(20)19-11-4-2-3-10(16)7-11/h2-9H,1H3,(H,19,20). The molecular weight excluding hydrogens is 283 g/mol. The molecular formula is C15H12F3NO2. The molecule has 0 aliphatic rings. The molecule has 0 saturated carbocycles. The molecule has 21 heavy (non-hydrogen) atoms. The zero-order valence-electron chi connectivity index (χ0n) is 11.1. The van der Waals surface area contributed by atoms with E-state index in [9.17, 15) is 18.0 Å². The van der Waals surface area contributed by atoms with Crippen LogP contribution in [0.15, 0.2) is 42.5 Å². The minimum Gasteiger partial charge on any atom is -0.481 e. The fourth-order valence-corrected chi connectivity index (χ4v) is 1.62. The Kier molecular flexibility index (Phi) is 4.47. The van der Waals surface area contributed by atoms with Gasteiger partial charge in [-0.25, -0.2) is 13.2 Å². The Bertz CT molecular complexity index is 661. The zero-order valence-corrected chi connectivity index (χ0v) is 11.1. The summed E-state index contributed by atoms with van der Waals surface area (Å²) in [4.78, 5) is 11.9. The van der Waals surface area contributed by atoms with Crippen LogP contribution in [0, 0.1) is 17.5 Å². The molecule has 0 aliphatic heterocycles. The van der Waals surface area contributed by atoms with Crippen LogP contribution in [-0.2, 0) is 4.79 Å². The summed E-state index contributed by atoms with van der Waals surface area (Å²) in [5, 5.41) is 2.46. The van der Waals surface area contributed by atoms with Crippen LogP contribution in [-0.4, -0.2) is 12.0 Å². The zero-order chi connectivity index (χ0) is 15.4. The van der Waals surface area contributed by atoms with Gasteiger partial charge in [-0.15, -0.1) is 0 Å². The van der Waals surface area contributed by atoms with Crippen molar-refractivity contribution < 1.29 is 22.7 Å². The number of nitrogens with one attached hydrogen (secondary N) is 1. The Morgan fingerprint density at radius 3 is 2.52 bits per heavy atom. The van der Waals surface area contributed by atoms with Gasteiger partial charge in [-0.3, -0.25) is 4.79 Å². The molecule has 1 unspecified atom stereocenters. The van der Waals surface area contributed by atoms with Gasteiger partial charge in [0.05, 0.1) is 0 Å². The van der Waals surface area contributed by atoms with E-state index in [0.29, 0.717) is 0 Å². The van der Waals surface area contributed by atoms with E-state index < -0.39 is 29.5 Å². The fourth-order valence-electron chi connectivity index (χ4n) is 1.62. The third-order valence-electron chi connectivity index (χ3n) is 2.67. The van der Waals surface area contributed by atoms with Crippen molar-refractivity contribution in [1.82, 2.24) is 0 Å². The Morgan fingerprint density at radius 1 is 1.10 bits per heavy atom. The number of carbonyl (C=O) groups is 1. The molecule has 0 spiro atoms. The number of ether oxygens (including phenoxy) is 1. The van der Waals surface area contributed by atoms with Crippen molar-refractivity contribution >= 4 is 11.6 Å². The van der Waals surface area contributed by atoms with Gasteiger partial charge in [0.25, 0.3) is 5.91 Å². The number of anilines is 1. The summed E-state index contributed by atoms with van der Waals surface area (Å²) in [6.45, 7) is 1.44. The van der Waals surface area contributed by atoms with Crippen LogP contribution in [0.3, 0.4) is 0 Å². The fraction of sp³-hybridized carbons (Fsp3) is 0.133. The molecule has 0 radical (unpaired) electrons. The van der Waals surface area contributed by atoms with E-state index in [1.807, 2.05) is 0 Å². The molecule has 1 amide bonds. The summed E-state index contributed by atoms with van der Waals surface area (Å²) in [5.41, 5.74) is 0.278. The lowest BCUT2D eigenvalue weighted by atomic mass is 10.3. The van der Waals surface area contributed by atoms with Crippen molar-refractivity contribution in [2.45, 2.75) is 13.0 Å². The number of hydrogen-bond acceptors (Lipinski definition) is 2. The first-order chi connectivity index (χ1) is 9.95. The van der Waals surface area contributed by atoms with Gasteiger partial charge >= 0.3 is 0 Å². The van der Waals surface area contributed by atoms with Crippen molar-refractivity contribution in [2.24, 2.45) is 0 Å². The predicted molar refractivity (Wildman–Crippen MR) is 71.5 cm³/mol. The monoisotopic (exact) mass is 295 g/mol. The van der Waals surface area contributed by atoms with Gasteiger partial charge in [-0.05, 0) is 37.3 Å². The van der Waals surface area contributed by atoms with Gasteiger partial charge in [0, 0.05) is 11.8 Å². The number of benzene rings is 2. The number of amides is 1. The first kappa shape index (κ1) is 14.9. The Morgan fingerprint density at radius 2 is 1.86 bits per heavy atom. The molecule has 0 fully saturated rings. The average Bonchev–Trinajstić information content (AvgIpc) is 2.43.